The summed E-state index contributed by atoms with van der Waals surface area (Å²) in [6.07, 6.45) is 2.59. The van der Waals surface area contributed by atoms with E-state index in [1.165, 1.54) is 0 Å². The number of hydrogen-bond donors (Lipinski definition) is 0. The highest BCUT2D eigenvalue weighted by atomic mass is 79.9. The van der Waals surface area contributed by atoms with Crippen molar-refractivity contribution in [3.8, 4) is 5.69 Å². The molecule has 1 aromatic heterocycles. The molecule has 7 heteroatoms. The molecule has 0 amide bonds. The molecule has 90 valence electrons. The Hall–Kier alpha value is 0.0900. The third-order valence-electron chi connectivity index (χ3n) is 2.10. The van der Waals surface area contributed by atoms with E-state index in [0.29, 0.717) is 12.3 Å². The molecule has 0 aliphatic carbocycles. The predicted octanol–water partition coefficient (Wildman–Crippen LogP) is 4.34. The first-order chi connectivity index (χ1) is 8.11. The lowest BCUT2D eigenvalue weighted by Gasteiger charge is -2.07. The van der Waals surface area contributed by atoms with Gasteiger partial charge in [0.05, 0.1) is 17.6 Å². The maximum atomic E-state index is 5.67. The van der Waals surface area contributed by atoms with Crippen LogP contribution in [0.2, 0.25) is 0 Å². The van der Waals surface area contributed by atoms with Gasteiger partial charge in [-0.3, -0.25) is 0 Å². The van der Waals surface area contributed by atoms with Gasteiger partial charge in [-0.1, -0.05) is 21.1 Å². The molecule has 0 aliphatic rings. The third-order valence-corrected chi connectivity index (χ3v) is 3.96. The maximum Gasteiger partial charge on any atom is 0.0948 e. The average molecular weight is 444 g/mol. The first-order valence-corrected chi connectivity index (χ1v) is 7.65. The molecule has 0 atom stereocenters. The summed E-state index contributed by atoms with van der Waals surface area (Å²) in [6, 6.07) is 3.92. The fraction of sp³-hybridized carbons (Fsp3) is 0.200. The number of halogens is 4. The lowest BCUT2D eigenvalue weighted by molar-refractivity contribution is 0.792. The van der Waals surface area contributed by atoms with Gasteiger partial charge in [0.25, 0.3) is 0 Å². The Morgan fingerprint density at radius 3 is 2.41 bits per heavy atom. The lowest BCUT2D eigenvalue weighted by atomic mass is 10.3. The zero-order valence-corrected chi connectivity index (χ0v) is 14.0. The SMILES string of the molecule is ClCCc1cn(-c2c(Br)cc(Br)cc2Br)nn1. The van der Waals surface area contributed by atoms with Gasteiger partial charge in [-0.25, -0.2) is 4.68 Å². The van der Waals surface area contributed by atoms with Crippen molar-refractivity contribution in [3.05, 3.63) is 37.4 Å². The van der Waals surface area contributed by atoms with Gasteiger partial charge in [0, 0.05) is 25.7 Å². The van der Waals surface area contributed by atoms with E-state index >= 15 is 0 Å². The number of nitrogens with zero attached hydrogens (tertiary/aromatic N) is 3. The molecule has 0 spiro atoms. The quantitative estimate of drug-likeness (QED) is 0.660. The summed E-state index contributed by atoms with van der Waals surface area (Å²) < 4.78 is 4.57. The Labute approximate surface area is 129 Å². The Bertz CT molecular complexity index is 518. The molecule has 0 fully saturated rings. The third kappa shape index (κ3) is 3.10. The van der Waals surface area contributed by atoms with E-state index < -0.39 is 0 Å². The molecule has 17 heavy (non-hydrogen) atoms. The van der Waals surface area contributed by atoms with E-state index in [4.69, 9.17) is 11.6 Å². The number of rotatable bonds is 3. The second-order valence-corrected chi connectivity index (χ2v) is 6.31. The summed E-state index contributed by atoms with van der Waals surface area (Å²) in [5, 5.41) is 8.15. The highest BCUT2D eigenvalue weighted by Gasteiger charge is 2.11. The largest absolute Gasteiger partial charge is 0.218 e. The Balaban J connectivity index is 2.45. The fourth-order valence-corrected chi connectivity index (χ4v) is 4.19. The van der Waals surface area contributed by atoms with Gasteiger partial charge in [0.2, 0.25) is 0 Å². The first kappa shape index (κ1) is 13.5. The summed E-state index contributed by atoms with van der Waals surface area (Å²) in [4.78, 5) is 0. The lowest BCUT2D eigenvalue weighted by Crippen LogP contribution is -1.97. The van der Waals surface area contributed by atoms with Gasteiger partial charge < -0.3 is 0 Å². The summed E-state index contributed by atoms with van der Waals surface area (Å²) in [7, 11) is 0. The van der Waals surface area contributed by atoms with E-state index in [1.807, 2.05) is 18.3 Å². The maximum absolute atomic E-state index is 5.67. The van der Waals surface area contributed by atoms with E-state index in [0.717, 1.165) is 24.8 Å². The molecule has 0 saturated carbocycles. The molecule has 0 bridgehead atoms. The van der Waals surface area contributed by atoms with Crippen LogP contribution in [-0.2, 0) is 6.42 Å². The van der Waals surface area contributed by atoms with Crippen molar-refractivity contribution in [2.24, 2.45) is 0 Å². The van der Waals surface area contributed by atoms with Crippen LogP contribution in [0.5, 0.6) is 0 Å². The van der Waals surface area contributed by atoms with Crippen LogP contribution in [0.3, 0.4) is 0 Å². The Morgan fingerprint density at radius 1 is 1.18 bits per heavy atom. The minimum atomic E-state index is 0.543. The van der Waals surface area contributed by atoms with Gasteiger partial charge >= 0.3 is 0 Å². The topological polar surface area (TPSA) is 30.7 Å². The van der Waals surface area contributed by atoms with E-state index in [9.17, 15) is 0 Å². The van der Waals surface area contributed by atoms with E-state index in [-0.39, 0.29) is 0 Å². The molecule has 0 N–H and O–H groups in total. The predicted molar refractivity (Wildman–Crippen MR) is 78.9 cm³/mol. The molecule has 1 heterocycles. The zero-order valence-electron chi connectivity index (χ0n) is 8.50. The van der Waals surface area contributed by atoms with Gasteiger partial charge in [-0.15, -0.1) is 16.7 Å². The van der Waals surface area contributed by atoms with Crippen LogP contribution in [0.4, 0.5) is 0 Å². The molecule has 3 nitrogen and oxygen atoms in total. The van der Waals surface area contributed by atoms with Crippen molar-refractivity contribution in [2.75, 3.05) is 5.88 Å². The minimum absolute atomic E-state index is 0.543. The van der Waals surface area contributed by atoms with Crippen molar-refractivity contribution < 1.29 is 0 Å². The van der Waals surface area contributed by atoms with Crippen LogP contribution in [0.1, 0.15) is 5.69 Å². The van der Waals surface area contributed by atoms with Crippen molar-refractivity contribution in [1.82, 2.24) is 15.0 Å². The van der Waals surface area contributed by atoms with E-state index in [1.54, 1.807) is 4.68 Å². The summed E-state index contributed by atoms with van der Waals surface area (Å²) in [6.45, 7) is 0. The van der Waals surface area contributed by atoms with Crippen LogP contribution >= 0.6 is 59.4 Å². The van der Waals surface area contributed by atoms with Crippen molar-refractivity contribution in [3.63, 3.8) is 0 Å². The first-order valence-electron chi connectivity index (χ1n) is 4.74. The molecular weight excluding hydrogens is 437 g/mol. The van der Waals surface area contributed by atoms with Crippen LogP contribution in [0, 0.1) is 0 Å². The fourth-order valence-electron chi connectivity index (χ4n) is 1.37. The number of aryl methyl sites for hydroxylation is 1. The van der Waals surface area contributed by atoms with Crippen LogP contribution in [0.15, 0.2) is 31.7 Å². The molecule has 2 rings (SSSR count). The molecule has 1 aromatic carbocycles. The number of benzene rings is 1. The number of hydrogen-bond acceptors (Lipinski definition) is 2. The van der Waals surface area contributed by atoms with Crippen LogP contribution in [0.25, 0.3) is 5.69 Å². The molecule has 0 radical (unpaired) electrons. The van der Waals surface area contributed by atoms with Gasteiger partial charge in [-0.05, 0) is 44.0 Å². The normalized spacial score (nSPS) is 10.8. The standard InChI is InChI=1S/C10H7Br3ClN3/c11-6-3-8(12)10(9(13)4-6)17-5-7(1-2-14)15-16-17/h3-5H,1-2H2. The zero-order chi connectivity index (χ0) is 12.4. The summed E-state index contributed by atoms with van der Waals surface area (Å²) >= 11 is 16.1. The van der Waals surface area contributed by atoms with Crippen molar-refractivity contribution in [2.45, 2.75) is 6.42 Å². The summed E-state index contributed by atoms with van der Waals surface area (Å²) in [5.74, 6) is 0.543. The average Bonchev–Trinajstić information content (AvgIpc) is 2.65. The highest BCUT2D eigenvalue weighted by Crippen LogP contribution is 2.32. The molecular formula is C10H7Br3ClN3. The molecule has 0 aliphatic heterocycles. The minimum Gasteiger partial charge on any atom is -0.218 e. The Kier molecular flexibility index (Phi) is 4.63. The van der Waals surface area contributed by atoms with E-state index in [2.05, 4.69) is 58.1 Å². The number of alkyl halides is 1. The van der Waals surface area contributed by atoms with Crippen molar-refractivity contribution >= 4 is 59.4 Å². The van der Waals surface area contributed by atoms with Gasteiger partial charge in [-0.2, -0.15) is 0 Å². The molecule has 2 aromatic rings. The second kappa shape index (κ2) is 5.82. The molecule has 0 saturated heterocycles. The highest BCUT2D eigenvalue weighted by molar-refractivity contribution is 9.11. The monoisotopic (exact) mass is 441 g/mol. The second-order valence-electron chi connectivity index (χ2n) is 3.31. The molecule has 0 unspecified atom stereocenters. The van der Waals surface area contributed by atoms with Crippen LogP contribution in [-0.4, -0.2) is 20.9 Å². The smallest absolute Gasteiger partial charge is 0.0948 e. The summed E-state index contributed by atoms with van der Waals surface area (Å²) in [5.41, 5.74) is 1.79. The Morgan fingerprint density at radius 2 is 1.82 bits per heavy atom. The number of aromatic nitrogens is 3. The van der Waals surface area contributed by atoms with Gasteiger partial charge in [0.15, 0.2) is 0 Å². The van der Waals surface area contributed by atoms with Crippen molar-refractivity contribution in [1.29, 1.82) is 0 Å². The van der Waals surface area contributed by atoms with Gasteiger partial charge in [0.1, 0.15) is 0 Å². The van der Waals surface area contributed by atoms with Crippen LogP contribution < -0.4 is 0 Å².